The van der Waals surface area contributed by atoms with Crippen molar-refractivity contribution in [1.29, 1.82) is 0 Å². The quantitative estimate of drug-likeness (QED) is 0.0560. The van der Waals surface area contributed by atoms with E-state index in [9.17, 15) is 28.8 Å². The highest BCUT2D eigenvalue weighted by atomic mass is 35.5. The molecule has 0 saturated carbocycles. The molecule has 5 aromatic carbocycles. The molecule has 14 nitrogen and oxygen atoms in total. The van der Waals surface area contributed by atoms with E-state index in [4.69, 9.17) is 69.6 Å². The lowest BCUT2D eigenvalue weighted by Gasteiger charge is -2.18. The van der Waals surface area contributed by atoms with Gasteiger partial charge in [0, 0.05) is 42.8 Å². The Bertz CT molecular complexity index is 2520. The van der Waals surface area contributed by atoms with Gasteiger partial charge in [0.05, 0.1) is 21.2 Å². The van der Waals surface area contributed by atoms with Gasteiger partial charge in [-0.05, 0) is 111 Å². The number of aryl methyl sites for hydroxylation is 2. The fourth-order valence-corrected chi connectivity index (χ4v) is 7.53. The van der Waals surface area contributed by atoms with Crippen LogP contribution in [-0.2, 0) is 32.0 Å². The SMILES string of the molecule is CCc1cc(NC(=O)C(N=Nc2cccc(C(=O)Nc3cc(Cl)cc(Cl)c3)c2Cl)C(C)=O)c(CC)cc1NC(=O)C(N=Nc1cccc(C(=O)Nc2cc(Cl)cc(Cl)c2)c1Cl)C(C)=O. The van der Waals surface area contributed by atoms with Gasteiger partial charge in [0.15, 0.2) is 11.6 Å². The lowest BCUT2D eigenvalue weighted by Crippen LogP contribution is -2.33. The number of carbonyl (C=O) groups excluding carboxylic acids is 6. The van der Waals surface area contributed by atoms with Crippen LogP contribution < -0.4 is 21.3 Å². The number of hydrogen-bond donors (Lipinski definition) is 4. The number of nitrogens with one attached hydrogen (secondary N) is 4. The van der Waals surface area contributed by atoms with Crippen LogP contribution in [0.25, 0.3) is 0 Å². The molecule has 4 N–H and O–H groups in total. The van der Waals surface area contributed by atoms with Crippen LogP contribution in [0.2, 0.25) is 30.1 Å². The summed E-state index contributed by atoms with van der Waals surface area (Å²) in [5, 5.41) is 28.0. The summed E-state index contributed by atoms with van der Waals surface area (Å²) in [6.45, 7) is 5.97. The summed E-state index contributed by atoms with van der Waals surface area (Å²) in [6, 6.07) is 17.9. The van der Waals surface area contributed by atoms with Gasteiger partial charge in [0.2, 0.25) is 12.1 Å². The molecule has 5 aromatic rings. The molecule has 0 spiro atoms. The Kier molecular flexibility index (Phi) is 17.1. The van der Waals surface area contributed by atoms with Gasteiger partial charge < -0.3 is 21.3 Å². The van der Waals surface area contributed by atoms with E-state index in [1.54, 1.807) is 12.1 Å². The summed E-state index contributed by atoms with van der Waals surface area (Å²) >= 11 is 37.2. The number of anilines is 4. The zero-order valence-corrected chi connectivity index (χ0v) is 38.7. The standard InChI is InChI=1S/C44H36Cl6N8O6/c1-5-23-13-36(54-44(64)40(22(4)60)58-56-34-12-8-10-32(38(34)50)42(62)52-30-19-27(47)16-28(48)20-30)24(6-2)14-35(23)53-43(63)39(21(3)59)57-55-33-11-7-9-31(37(33)49)41(61)51-29-17-25(45)15-26(46)18-29/h7-20,39-40H,5-6H2,1-4H3,(H,51,61)(H,52,62)(H,53,63)(H,54,64). The monoisotopic (exact) mass is 982 g/mol. The molecule has 0 heterocycles. The molecule has 5 rings (SSSR count). The molecule has 2 unspecified atom stereocenters. The third-order valence-electron chi connectivity index (χ3n) is 9.12. The highest BCUT2D eigenvalue weighted by Crippen LogP contribution is 2.33. The highest BCUT2D eigenvalue weighted by molar-refractivity contribution is 6.38. The number of rotatable bonds is 16. The number of ketones is 2. The number of carbonyl (C=O) groups is 6. The first-order chi connectivity index (χ1) is 30.4. The molecule has 0 aliphatic heterocycles. The predicted octanol–water partition coefficient (Wildman–Crippen LogP) is 12.6. The maximum atomic E-state index is 13.6. The van der Waals surface area contributed by atoms with Crippen LogP contribution in [0.4, 0.5) is 34.1 Å². The number of benzene rings is 5. The van der Waals surface area contributed by atoms with E-state index in [1.165, 1.54) is 86.6 Å². The third kappa shape index (κ3) is 12.7. The molecule has 0 radical (unpaired) electrons. The maximum Gasteiger partial charge on any atom is 0.258 e. The second-order valence-corrected chi connectivity index (χ2v) is 16.3. The van der Waals surface area contributed by atoms with Crippen molar-refractivity contribution in [3.8, 4) is 0 Å². The Morgan fingerprint density at radius 2 is 0.844 bits per heavy atom. The predicted molar refractivity (Wildman–Crippen MR) is 252 cm³/mol. The lowest BCUT2D eigenvalue weighted by molar-refractivity contribution is -0.127. The molecule has 4 amide bonds. The summed E-state index contributed by atoms with van der Waals surface area (Å²) in [7, 11) is 0. The van der Waals surface area contributed by atoms with Crippen molar-refractivity contribution in [3.05, 3.63) is 137 Å². The lowest BCUT2D eigenvalue weighted by atomic mass is 10.0. The van der Waals surface area contributed by atoms with Gasteiger partial charge in [-0.15, -0.1) is 0 Å². The smallest absolute Gasteiger partial charge is 0.258 e. The fourth-order valence-electron chi connectivity index (χ4n) is 5.98. The van der Waals surface area contributed by atoms with Gasteiger partial charge in [-0.3, -0.25) is 28.8 Å². The summed E-state index contributed by atoms with van der Waals surface area (Å²) < 4.78 is 0. The van der Waals surface area contributed by atoms with Crippen LogP contribution in [-0.4, -0.2) is 47.3 Å². The normalized spacial score (nSPS) is 12.2. The summed E-state index contributed by atoms with van der Waals surface area (Å²) in [5.41, 5.74) is 2.53. The number of amides is 4. The van der Waals surface area contributed by atoms with E-state index in [0.717, 1.165) is 0 Å². The average Bonchev–Trinajstić information content (AvgIpc) is 3.21. The zero-order chi connectivity index (χ0) is 46.8. The minimum absolute atomic E-state index is 0.0172. The Labute approximate surface area is 397 Å². The van der Waals surface area contributed by atoms with Gasteiger partial charge in [-0.1, -0.05) is 95.6 Å². The van der Waals surface area contributed by atoms with Crippen molar-refractivity contribution in [2.24, 2.45) is 20.5 Å². The summed E-state index contributed by atoms with van der Waals surface area (Å²) in [5.74, 6) is -4.08. The molecule has 0 fully saturated rings. The van der Waals surface area contributed by atoms with Crippen LogP contribution in [0.3, 0.4) is 0 Å². The van der Waals surface area contributed by atoms with E-state index in [1.807, 2.05) is 13.8 Å². The molecule has 0 aliphatic rings. The van der Waals surface area contributed by atoms with Gasteiger partial charge in [0.25, 0.3) is 23.6 Å². The maximum absolute atomic E-state index is 13.6. The van der Waals surface area contributed by atoms with Gasteiger partial charge in [-0.25, -0.2) is 0 Å². The first-order valence-electron chi connectivity index (χ1n) is 19.1. The van der Waals surface area contributed by atoms with Crippen molar-refractivity contribution >= 4 is 139 Å². The number of nitrogens with zero attached hydrogens (tertiary/aromatic N) is 4. The molecule has 0 bridgehead atoms. The summed E-state index contributed by atoms with van der Waals surface area (Å²) in [6.07, 6.45) is 0.729. The Balaban J connectivity index is 1.31. The van der Waals surface area contributed by atoms with Crippen molar-refractivity contribution in [2.45, 2.75) is 52.6 Å². The van der Waals surface area contributed by atoms with Gasteiger partial charge >= 0.3 is 0 Å². The van der Waals surface area contributed by atoms with Crippen LogP contribution in [0.15, 0.2) is 105 Å². The van der Waals surface area contributed by atoms with Gasteiger partial charge in [0.1, 0.15) is 11.4 Å². The molecule has 330 valence electrons. The second-order valence-electron chi connectivity index (χ2n) is 13.8. The number of hydrogen-bond acceptors (Lipinski definition) is 10. The van der Waals surface area contributed by atoms with Crippen LogP contribution in [0, 0.1) is 0 Å². The third-order valence-corrected chi connectivity index (χ3v) is 10.8. The van der Waals surface area contributed by atoms with E-state index in [-0.39, 0.29) is 32.5 Å². The van der Waals surface area contributed by atoms with E-state index in [2.05, 4.69) is 41.7 Å². The second kappa shape index (κ2) is 22.2. The Hall–Kier alpha value is -5.74. The van der Waals surface area contributed by atoms with E-state index in [0.29, 0.717) is 66.8 Å². The van der Waals surface area contributed by atoms with Crippen molar-refractivity contribution in [2.75, 3.05) is 21.3 Å². The molecule has 0 aliphatic carbocycles. The molecule has 0 saturated heterocycles. The zero-order valence-electron chi connectivity index (χ0n) is 34.2. The topological polar surface area (TPSA) is 200 Å². The molecular weight excluding hydrogens is 949 g/mol. The fraction of sp³-hybridized carbons (Fsp3) is 0.182. The minimum Gasteiger partial charge on any atom is -0.323 e. The molecule has 0 aromatic heterocycles. The van der Waals surface area contributed by atoms with Crippen LogP contribution in [0.1, 0.15) is 59.5 Å². The largest absolute Gasteiger partial charge is 0.323 e. The van der Waals surface area contributed by atoms with Crippen LogP contribution in [0.5, 0.6) is 0 Å². The van der Waals surface area contributed by atoms with Crippen molar-refractivity contribution < 1.29 is 28.8 Å². The van der Waals surface area contributed by atoms with Gasteiger partial charge in [-0.2, -0.15) is 20.5 Å². The number of halogens is 6. The van der Waals surface area contributed by atoms with Crippen molar-refractivity contribution in [1.82, 2.24) is 0 Å². The Morgan fingerprint density at radius 1 is 0.500 bits per heavy atom. The summed E-state index contributed by atoms with van der Waals surface area (Å²) in [4.78, 5) is 78.8. The van der Waals surface area contributed by atoms with Crippen molar-refractivity contribution in [3.63, 3.8) is 0 Å². The van der Waals surface area contributed by atoms with E-state index < -0.39 is 47.3 Å². The van der Waals surface area contributed by atoms with E-state index >= 15 is 0 Å². The molecule has 20 heteroatoms. The molecular formula is C44H36Cl6N8O6. The highest BCUT2D eigenvalue weighted by Gasteiger charge is 2.27. The number of Topliss-reactive ketones (excluding diaryl/α,β-unsaturated/α-hetero) is 2. The average molecular weight is 986 g/mol. The molecule has 64 heavy (non-hydrogen) atoms. The Morgan fingerprint density at radius 3 is 1.16 bits per heavy atom. The van der Waals surface area contributed by atoms with Crippen LogP contribution >= 0.6 is 69.6 Å². The first-order valence-corrected chi connectivity index (χ1v) is 21.4. The minimum atomic E-state index is -1.61. The first kappa shape index (κ1) is 49.3. The number of azo groups is 2. The molecule has 2 atom stereocenters.